The van der Waals surface area contributed by atoms with Gasteiger partial charge < -0.3 is 15.0 Å². The highest BCUT2D eigenvalue weighted by Crippen LogP contribution is 2.24. The smallest absolute Gasteiger partial charge is 0.174 e. The average molecular weight is 194 g/mol. The van der Waals surface area contributed by atoms with Gasteiger partial charge in [0.05, 0.1) is 12.5 Å². The summed E-state index contributed by atoms with van der Waals surface area (Å²) in [4.78, 5) is 0. The normalized spacial score (nSPS) is 9.36. The molecule has 0 amide bonds. The van der Waals surface area contributed by atoms with Crippen LogP contribution >= 0.6 is 0 Å². The van der Waals surface area contributed by atoms with Crippen molar-refractivity contribution in [2.75, 3.05) is 12.8 Å². The quantitative estimate of drug-likeness (QED) is 0.757. The third kappa shape index (κ3) is 1.79. The van der Waals surface area contributed by atoms with E-state index in [0.717, 1.165) is 11.1 Å². The number of nitrogens with zero attached hydrogens (tertiary/aromatic N) is 1. The Hall–Kier alpha value is -1.71. The van der Waals surface area contributed by atoms with Crippen molar-refractivity contribution < 1.29 is 9.26 Å². The second-order valence-electron chi connectivity index (χ2n) is 2.43. The topological polar surface area (TPSA) is 61.3 Å². The Labute approximate surface area is 82.6 Å². The maximum Gasteiger partial charge on any atom is 0.174 e. The minimum Gasteiger partial charge on any atom is -0.497 e. The lowest BCUT2D eigenvalue weighted by Gasteiger charge is -1.96. The fourth-order valence-corrected chi connectivity index (χ4v) is 1.06. The van der Waals surface area contributed by atoms with Gasteiger partial charge in [0, 0.05) is 6.07 Å². The van der Waals surface area contributed by atoms with Crippen LogP contribution in [0.2, 0.25) is 0 Å². The Balaban J connectivity index is 0.000000461. The van der Waals surface area contributed by atoms with Crippen LogP contribution in [0.15, 0.2) is 22.7 Å². The van der Waals surface area contributed by atoms with Crippen molar-refractivity contribution in [2.24, 2.45) is 0 Å². The van der Waals surface area contributed by atoms with Gasteiger partial charge in [0.2, 0.25) is 0 Å². The third-order valence-electron chi connectivity index (χ3n) is 1.71. The van der Waals surface area contributed by atoms with Crippen LogP contribution in [-0.4, -0.2) is 12.3 Å². The molecule has 0 saturated heterocycles. The summed E-state index contributed by atoms with van der Waals surface area (Å²) >= 11 is 0. The summed E-state index contributed by atoms with van der Waals surface area (Å²) in [6.07, 6.45) is 0. The summed E-state index contributed by atoms with van der Waals surface area (Å²) in [5, 5.41) is 4.43. The molecule has 14 heavy (non-hydrogen) atoms. The lowest BCUT2D eigenvalue weighted by atomic mass is 10.2. The van der Waals surface area contributed by atoms with Crippen LogP contribution in [0.4, 0.5) is 5.82 Å². The summed E-state index contributed by atoms with van der Waals surface area (Å²) in [6.45, 7) is 4.00. The molecule has 1 aromatic carbocycles. The fraction of sp³-hybridized carbons (Fsp3) is 0.300. The summed E-state index contributed by atoms with van der Waals surface area (Å²) in [7, 11) is 1.60. The van der Waals surface area contributed by atoms with Gasteiger partial charge in [0.1, 0.15) is 5.75 Å². The monoisotopic (exact) mass is 194 g/mol. The van der Waals surface area contributed by atoms with Crippen LogP contribution < -0.4 is 10.5 Å². The highest BCUT2D eigenvalue weighted by atomic mass is 16.5. The second kappa shape index (κ2) is 4.50. The molecular weight excluding hydrogens is 180 g/mol. The molecule has 1 aromatic heterocycles. The van der Waals surface area contributed by atoms with Gasteiger partial charge in [-0.25, -0.2) is 0 Å². The molecular formula is C10H14N2O2. The average Bonchev–Trinajstić information content (AvgIpc) is 2.63. The van der Waals surface area contributed by atoms with E-state index < -0.39 is 0 Å². The SMILES string of the molecule is CC.COc1ccc2c(N)noc2c1. The molecule has 4 heteroatoms. The van der Waals surface area contributed by atoms with Crippen molar-refractivity contribution in [3.05, 3.63) is 18.2 Å². The minimum atomic E-state index is 0.410. The van der Waals surface area contributed by atoms with E-state index in [0.29, 0.717) is 11.4 Å². The minimum absolute atomic E-state index is 0.410. The number of anilines is 1. The highest BCUT2D eigenvalue weighted by Gasteiger charge is 2.04. The van der Waals surface area contributed by atoms with E-state index in [4.69, 9.17) is 15.0 Å². The Morgan fingerprint density at radius 1 is 1.36 bits per heavy atom. The van der Waals surface area contributed by atoms with Gasteiger partial charge in [-0.15, -0.1) is 0 Å². The predicted octanol–water partition coefficient (Wildman–Crippen LogP) is 2.44. The Bertz CT molecular complexity index is 409. The number of aromatic nitrogens is 1. The molecule has 0 aliphatic rings. The number of rotatable bonds is 1. The first-order valence-corrected chi connectivity index (χ1v) is 4.50. The van der Waals surface area contributed by atoms with E-state index >= 15 is 0 Å². The number of methoxy groups -OCH3 is 1. The van der Waals surface area contributed by atoms with Crippen molar-refractivity contribution in [2.45, 2.75) is 13.8 Å². The summed E-state index contributed by atoms with van der Waals surface area (Å²) in [6, 6.07) is 5.38. The van der Waals surface area contributed by atoms with Gasteiger partial charge in [-0.3, -0.25) is 0 Å². The molecule has 76 valence electrons. The van der Waals surface area contributed by atoms with Crippen molar-refractivity contribution in [3.63, 3.8) is 0 Å². The molecule has 0 atom stereocenters. The van der Waals surface area contributed by atoms with E-state index in [-0.39, 0.29) is 0 Å². The van der Waals surface area contributed by atoms with Crippen LogP contribution in [0.1, 0.15) is 13.8 Å². The highest BCUT2D eigenvalue weighted by molar-refractivity contribution is 5.87. The number of hydrogen-bond acceptors (Lipinski definition) is 4. The Morgan fingerprint density at radius 3 is 2.71 bits per heavy atom. The van der Waals surface area contributed by atoms with E-state index in [9.17, 15) is 0 Å². The number of ether oxygens (including phenoxy) is 1. The zero-order valence-electron chi connectivity index (χ0n) is 8.57. The van der Waals surface area contributed by atoms with Gasteiger partial charge in [-0.05, 0) is 12.1 Å². The third-order valence-corrected chi connectivity index (χ3v) is 1.71. The van der Waals surface area contributed by atoms with E-state index in [1.165, 1.54) is 0 Å². The standard InChI is InChI=1S/C8H8N2O2.C2H6/c1-11-5-2-3-6-7(4-5)12-10-8(6)9;1-2/h2-4H,1H3,(H2,9,10);1-2H3. The number of nitrogen functional groups attached to an aromatic ring is 1. The first-order chi connectivity index (χ1) is 6.81. The van der Waals surface area contributed by atoms with Crippen molar-refractivity contribution in [3.8, 4) is 5.75 Å². The van der Waals surface area contributed by atoms with Gasteiger partial charge in [0.25, 0.3) is 0 Å². The molecule has 2 N–H and O–H groups in total. The largest absolute Gasteiger partial charge is 0.497 e. The van der Waals surface area contributed by atoms with Gasteiger partial charge in [0.15, 0.2) is 11.4 Å². The second-order valence-corrected chi connectivity index (χ2v) is 2.43. The number of fused-ring (bicyclic) bond motifs is 1. The van der Waals surface area contributed by atoms with Crippen LogP contribution in [0.25, 0.3) is 11.0 Å². The van der Waals surface area contributed by atoms with Gasteiger partial charge in [-0.2, -0.15) is 0 Å². The first kappa shape index (κ1) is 10.4. The van der Waals surface area contributed by atoms with Crippen LogP contribution in [-0.2, 0) is 0 Å². The lowest BCUT2D eigenvalue weighted by molar-refractivity contribution is 0.412. The molecule has 0 saturated carbocycles. The molecule has 2 rings (SSSR count). The van der Waals surface area contributed by atoms with Crippen LogP contribution in [0.3, 0.4) is 0 Å². The molecule has 0 spiro atoms. The van der Waals surface area contributed by atoms with Crippen molar-refractivity contribution >= 4 is 16.8 Å². The predicted molar refractivity (Wildman–Crippen MR) is 56.3 cm³/mol. The zero-order chi connectivity index (χ0) is 10.6. The van der Waals surface area contributed by atoms with E-state index in [2.05, 4.69) is 5.16 Å². The molecule has 0 radical (unpaired) electrons. The van der Waals surface area contributed by atoms with Gasteiger partial charge in [-0.1, -0.05) is 19.0 Å². The summed E-state index contributed by atoms with van der Waals surface area (Å²) < 4.78 is 9.94. The number of nitrogens with two attached hydrogens (primary N) is 1. The fourth-order valence-electron chi connectivity index (χ4n) is 1.06. The maximum absolute atomic E-state index is 5.52. The molecule has 0 aliphatic carbocycles. The van der Waals surface area contributed by atoms with Crippen molar-refractivity contribution in [1.82, 2.24) is 5.16 Å². The molecule has 0 fully saturated rings. The van der Waals surface area contributed by atoms with Crippen LogP contribution in [0.5, 0.6) is 5.75 Å². The molecule has 2 aromatic rings. The summed E-state index contributed by atoms with van der Waals surface area (Å²) in [5.74, 6) is 1.14. The Kier molecular flexibility index (Phi) is 3.34. The summed E-state index contributed by atoms with van der Waals surface area (Å²) in [5.41, 5.74) is 6.17. The molecule has 4 nitrogen and oxygen atoms in total. The van der Waals surface area contributed by atoms with E-state index in [1.54, 1.807) is 13.2 Å². The van der Waals surface area contributed by atoms with Crippen molar-refractivity contribution in [1.29, 1.82) is 0 Å². The van der Waals surface area contributed by atoms with E-state index in [1.807, 2.05) is 26.0 Å². The molecule has 0 unspecified atom stereocenters. The Morgan fingerprint density at radius 2 is 2.07 bits per heavy atom. The molecule has 0 bridgehead atoms. The zero-order valence-corrected chi connectivity index (χ0v) is 8.57. The molecule has 0 aliphatic heterocycles. The molecule has 1 heterocycles. The lowest BCUT2D eigenvalue weighted by Crippen LogP contribution is -1.84. The first-order valence-electron chi connectivity index (χ1n) is 4.50. The van der Waals surface area contributed by atoms with Crippen LogP contribution in [0, 0.1) is 0 Å². The maximum atomic E-state index is 5.52. The number of benzene rings is 1. The number of hydrogen-bond donors (Lipinski definition) is 1. The van der Waals surface area contributed by atoms with Gasteiger partial charge >= 0.3 is 0 Å².